The number of nitrogens with zero attached hydrogens (tertiary/aromatic N) is 1. The zero-order chi connectivity index (χ0) is 10.6. The van der Waals surface area contributed by atoms with E-state index in [2.05, 4.69) is 13.8 Å². The Morgan fingerprint density at radius 1 is 1.43 bits per heavy atom. The molecule has 1 heterocycles. The van der Waals surface area contributed by atoms with Crippen molar-refractivity contribution in [3.63, 3.8) is 0 Å². The molecule has 82 valence electrons. The van der Waals surface area contributed by atoms with Crippen LogP contribution in [0.25, 0.3) is 0 Å². The van der Waals surface area contributed by atoms with E-state index >= 15 is 0 Å². The van der Waals surface area contributed by atoms with Gasteiger partial charge in [-0.25, -0.2) is 0 Å². The molecule has 0 spiro atoms. The van der Waals surface area contributed by atoms with Crippen molar-refractivity contribution in [2.45, 2.75) is 26.3 Å². The summed E-state index contributed by atoms with van der Waals surface area (Å²) in [6.45, 7) is 6.80. The average Bonchev–Trinajstić information content (AvgIpc) is 2.17. The molecule has 4 heteroatoms. The summed E-state index contributed by atoms with van der Waals surface area (Å²) in [5.74, 6) is 0.539. The molecular formula is C10H20N2O2. The maximum absolute atomic E-state index is 11.8. The zero-order valence-electron chi connectivity index (χ0n) is 9.03. The lowest BCUT2D eigenvalue weighted by Crippen LogP contribution is -2.48. The van der Waals surface area contributed by atoms with Gasteiger partial charge in [0, 0.05) is 13.1 Å². The van der Waals surface area contributed by atoms with Gasteiger partial charge in [-0.05, 0) is 12.3 Å². The van der Waals surface area contributed by atoms with Crippen LogP contribution in [0, 0.1) is 5.92 Å². The van der Waals surface area contributed by atoms with Gasteiger partial charge in [-0.3, -0.25) is 4.79 Å². The van der Waals surface area contributed by atoms with E-state index in [4.69, 9.17) is 10.5 Å². The molecule has 1 amide bonds. The lowest BCUT2D eigenvalue weighted by Gasteiger charge is -2.29. The van der Waals surface area contributed by atoms with E-state index in [0.717, 1.165) is 6.42 Å². The molecule has 0 aliphatic carbocycles. The second kappa shape index (κ2) is 5.32. The van der Waals surface area contributed by atoms with Gasteiger partial charge in [0.1, 0.15) is 0 Å². The zero-order valence-corrected chi connectivity index (χ0v) is 9.03. The van der Waals surface area contributed by atoms with Crippen molar-refractivity contribution in [3.8, 4) is 0 Å². The molecule has 1 fully saturated rings. The Hall–Kier alpha value is -0.610. The summed E-state index contributed by atoms with van der Waals surface area (Å²) >= 11 is 0. The Morgan fingerprint density at radius 2 is 2.00 bits per heavy atom. The van der Waals surface area contributed by atoms with Crippen LogP contribution < -0.4 is 5.73 Å². The molecule has 14 heavy (non-hydrogen) atoms. The summed E-state index contributed by atoms with van der Waals surface area (Å²) in [7, 11) is 0. The molecule has 0 radical (unpaired) electrons. The highest BCUT2D eigenvalue weighted by Crippen LogP contribution is 2.07. The minimum atomic E-state index is -0.340. The van der Waals surface area contributed by atoms with Crippen LogP contribution in [0.15, 0.2) is 0 Å². The van der Waals surface area contributed by atoms with E-state index < -0.39 is 0 Å². The summed E-state index contributed by atoms with van der Waals surface area (Å²) in [5.41, 5.74) is 5.82. The van der Waals surface area contributed by atoms with E-state index in [1.807, 2.05) is 0 Å². The maximum Gasteiger partial charge on any atom is 0.239 e. The normalized spacial score (nSPS) is 19.9. The van der Waals surface area contributed by atoms with Crippen molar-refractivity contribution in [3.05, 3.63) is 0 Å². The standard InChI is InChI=1S/C10H20N2O2/c1-8(2)7-9(11)10(13)12-3-5-14-6-4-12/h8-9H,3-7,11H2,1-2H3. The number of hydrogen-bond acceptors (Lipinski definition) is 3. The second-order valence-corrected chi connectivity index (χ2v) is 4.17. The summed E-state index contributed by atoms with van der Waals surface area (Å²) in [6, 6.07) is -0.340. The number of morpholine rings is 1. The smallest absolute Gasteiger partial charge is 0.239 e. The van der Waals surface area contributed by atoms with Crippen molar-refractivity contribution in [2.75, 3.05) is 26.3 Å². The Bertz CT molecular complexity index is 189. The van der Waals surface area contributed by atoms with Crippen LogP contribution in [0.5, 0.6) is 0 Å². The van der Waals surface area contributed by atoms with Gasteiger partial charge in [-0.1, -0.05) is 13.8 Å². The van der Waals surface area contributed by atoms with Gasteiger partial charge in [-0.15, -0.1) is 0 Å². The first kappa shape index (κ1) is 11.5. The number of carbonyl (C=O) groups is 1. The van der Waals surface area contributed by atoms with E-state index in [0.29, 0.717) is 32.2 Å². The number of carbonyl (C=O) groups excluding carboxylic acids is 1. The molecule has 1 saturated heterocycles. The molecule has 1 unspecified atom stereocenters. The topological polar surface area (TPSA) is 55.6 Å². The Kier molecular flexibility index (Phi) is 4.35. The fourth-order valence-corrected chi connectivity index (χ4v) is 1.63. The molecule has 1 aliphatic rings. The highest BCUT2D eigenvalue weighted by Gasteiger charge is 2.23. The van der Waals surface area contributed by atoms with Crippen LogP contribution in [-0.4, -0.2) is 43.2 Å². The molecule has 4 nitrogen and oxygen atoms in total. The van der Waals surface area contributed by atoms with Gasteiger partial charge in [0.05, 0.1) is 19.3 Å². The number of amides is 1. The predicted octanol–water partition coefficient (Wildman–Crippen LogP) is 0.219. The van der Waals surface area contributed by atoms with E-state index in [-0.39, 0.29) is 11.9 Å². The van der Waals surface area contributed by atoms with Crippen LogP contribution in [0.4, 0.5) is 0 Å². The van der Waals surface area contributed by atoms with Crippen LogP contribution in [0.1, 0.15) is 20.3 Å². The van der Waals surface area contributed by atoms with E-state index in [1.54, 1.807) is 4.90 Å². The van der Waals surface area contributed by atoms with Crippen molar-refractivity contribution in [2.24, 2.45) is 11.7 Å². The molecule has 0 aromatic carbocycles. The van der Waals surface area contributed by atoms with Gasteiger partial charge >= 0.3 is 0 Å². The SMILES string of the molecule is CC(C)CC(N)C(=O)N1CCOCC1. The molecule has 0 bridgehead atoms. The molecule has 0 aromatic heterocycles. The number of hydrogen-bond donors (Lipinski definition) is 1. The minimum Gasteiger partial charge on any atom is -0.378 e. The first-order valence-corrected chi connectivity index (χ1v) is 5.23. The van der Waals surface area contributed by atoms with Crippen molar-refractivity contribution >= 4 is 5.91 Å². The molecule has 0 aromatic rings. The third kappa shape index (κ3) is 3.27. The fraction of sp³-hybridized carbons (Fsp3) is 0.900. The predicted molar refractivity (Wildman–Crippen MR) is 54.8 cm³/mol. The molecular weight excluding hydrogens is 180 g/mol. The fourth-order valence-electron chi connectivity index (χ4n) is 1.63. The first-order chi connectivity index (χ1) is 6.61. The molecule has 1 rings (SSSR count). The molecule has 2 N–H and O–H groups in total. The Balaban J connectivity index is 2.38. The molecule has 1 atom stereocenters. The lowest BCUT2D eigenvalue weighted by atomic mass is 10.0. The third-order valence-corrected chi connectivity index (χ3v) is 2.37. The first-order valence-electron chi connectivity index (χ1n) is 5.23. The maximum atomic E-state index is 11.8. The highest BCUT2D eigenvalue weighted by atomic mass is 16.5. The van der Waals surface area contributed by atoms with Crippen molar-refractivity contribution in [1.29, 1.82) is 0 Å². The van der Waals surface area contributed by atoms with Gasteiger partial charge in [-0.2, -0.15) is 0 Å². The Morgan fingerprint density at radius 3 is 2.50 bits per heavy atom. The summed E-state index contributed by atoms with van der Waals surface area (Å²) in [4.78, 5) is 13.6. The van der Waals surface area contributed by atoms with Crippen LogP contribution in [-0.2, 0) is 9.53 Å². The van der Waals surface area contributed by atoms with Crippen molar-refractivity contribution in [1.82, 2.24) is 4.90 Å². The van der Waals surface area contributed by atoms with Crippen molar-refractivity contribution < 1.29 is 9.53 Å². The number of rotatable bonds is 3. The number of nitrogens with two attached hydrogens (primary N) is 1. The summed E-state index contributed by atoms with van der Waals surface area (Å²) in [5, 5.41) is 0. The van der Waals surface area contributed by atoms with Crippen LogP contribution in [0.2, 0.25) is 0 Å². The minimum absolute atomic E-state index is 0.0713. The lowest BCUT2D eigenvalue weighted by molar-refractivity contribution is -0.137. The van der Waals surface area contributed by atoms with Gasteiger partial charge in [0.15, 0.2) is 0 Å². The van der Waals surface area contributed by atoms with Gasteiger partial charge in [0.25, 0.3) is 0 Å². The highest BCUT2D eigenvalue weighted by molar-refractivity contribution is 5.81. The van der Waals surface area contributed by atoms with Crippen LogP contribution >= 0.6 is 0 Å². The quantitative estimate of drug-likeness (QED) is 0.709. The summed E-state index contributed by atoms with van der Waals surface area (Å²) in [6.07, 6.45) is 0.760. The molecule has 1 aliphatic heterocycles. The third-order valence-electron chi connectivity index (χ3n) is 2.37. The average molecular weight is 200 g/mol. The van der Waals surface area contributed by atoms with Gasteiger partial charge in [0.2, 0.25) is 5.91 Å². The summed E-state index contributed by atoms with van der Waals surface area (Å²) < 4.78 is 5.18. The van der Waals surface area contributed by atoms with Crippen LogP contribution in [0.3, 0.4) is 0 Å². The number of ether oxygens (including phenoxy) is 1. The Labute approximate surface area is 85.4 Å². The molecule has 0 saturated carbocycles. The second-order valence-electron chi connectivity index (χ2n) is 4.17. The van der Waals surface area contributed by atoms with Gasteiger partial charge < -0.3 is 15.4 Å². The van der Waals surface area contributed by atoms with E-state index in [1.165, 1.54) is 0 Å². The largest absolute Gasteiger partial charge is 0.378 e. The van der Waals surface area contributed by atoms with E-state index in [9.17, 15) is 4.79 Å². The monoisotopic (exact) mass is 200 g/mol.